The number of aromatic amines is 1. The van der Waals surface area contributed by atoms with Crippen LogP contribution in [-0.4, -0.2) is 36.0 Å². The number of benzene rings is 2. The van der Waals surface area contributed by atoms with Crippen LogP contribution in [-0.2, 0) is 23.1 Å². The summed E-state index contributed by atoms with van der Waals surface area (Å²) in [5.41, 5.74) is 4.85. The highest BCUT2D eigenvalue weighted by molar-refractivity contribution is 6.35. The molecule has 0 bridgehead atoms. The number of nitrogens with one attached hydrogen (secondary N) is 1. The first-order valence-electron chi connectivity index (χ1n) is 10.4. The van der Waals surface area contributed by atoms with Crippen LogP contribution in [0.1, 0.15) is 23.2 Å². The Morgan fingerprint density at radius 2 is 2.17 bits per heavy atom. The van der Waals surface area contributed by atoms with Crippen LogP contribution in [0.5, 0.6) is 5.75 Å². The Balaban J connectivity index is 1.65. The standard InChI is InChI=1S/C25H25ClN2O2/c1-3-23(29)28-11-10-25(16-6-4-7-18(12-16)30-2)14-22-20(13-17(25)15-28)19-8-5-9-21(26)24(19)27-22/h3-9,12,17,27H,1,10-11,13-15H2,2H3/t17?,25-/m1/s1. The minimum atomic E-state index is -0.0488. The van der Waals surface area contributed by atoms with E-state index in [4.69, 9.17) is 16.3 Å². The Morgan fingerprint density at radius 1 is 1.33 bits per heavy atom. The number of rotatable bonds is 3. The number of halogens is 1. The SMILES string of the molecule is C=CC(=O)N1CC[C@]2(c3cccc(OC)c3)Cc3[nH]c4c(Cl)cccc4c3CC2C1. The van der Waals surface area contributed by atoms with E-state index in [9.17, 15) is 4.79 Å². The zero-order valence-corrected chi connectivity index (χ0v) is 17.8. The number of hydrogen-bond donors (Lipinski definition) is 1. The summed E-state index contributed by atoms with van der Waals surface area (Å²) in [4.78, 5) is 18.0. The van der Waals surface area contributed by atoms with Gasteiger partial charge in [0.1, 0.15) is 5.75 Å². The van der Waals surface area contributed by atoms with Crippen LogP contribution < -0.4 is 4.74 Å². The van der Waals surface area contributed by atoms with E-state index in [1.165, 1.54) is 28.3 Å². The molecule has 1 unspecified atom stereocenters. The molecule has 2 aliphatic rings. The minimum absolute atomic E-state index is 0.0158. The van der Waals surface area contributed by atoms with Crippen molar-refractivity contribution in [2.24, 2.45) is 5.92 Å². The number of methoxy groups -OCH3 is 1. The molecule has 1 amide bonds. The van der Waals surface area contributed by atoms with Gasteiger partial charge in [-0.15, -0.1) is 0 Å². The molecule has 1 aliphatic heterocycles. The number of carbonyl (C=O) groups excluding carboxylic acids is 1. The molecule has 2 heterocycles. The van der Waals surface area contributed by atoms with Crippen molar-refractivity contribution in [3.63, 3.8) is 0 Å². The number of hydrogen-bond acceptors (Lipinski definition) is 2. The Kier molecular flexibility index (Phi) is 4.62. The lowest BCUT2D eigenvalue weighted by Crippen LogP contribution is -2.54. The first-order chi connectivity index (χ1) is 14.6. The number of para-hydroxylation sites is 1. The van der Waals surface area contributed by atoms with Gasteiger partial charge in [-0.25, -0.2) is 0 Å². The fraction of sp³-hybridized carbons (Fsp3) is 0.320. The molecule has 4 nitrogen and oxygen atoms in total. The lowest BCUT2D eigenvalue weighted by Gasteiger charge is -2.51. The Labute approximate surface area is 181 Å². The topological polar surface area (TPSA) is 45.3 Å². The van der Waals surface area contributed by atoms with E-state index in [1.54, 1.807) is 7.11 Å². The van der Waals surface area contributed by atoms with Gasteiger partial charge in [-0.2, -0.15) is 0 Å². The third-order valence-electron chi connectivity index (χ3n) is 7.10. The predicted octanol–water partition coefficient (Wildman–Crippen LogP) is 4.90. The number of likely N-dealkylation sites (tertiary alicyclic amines) is 1. The monoisotopic (exact) mass is 420 g/mol. The van der Waals surface area contributed by atoms with Gasteiger partial charge in [-0.1, -0.05) is 42.4 Å². The highest BCUT2D eigenvalue weighted by Gasteiger charge is 2.48. The first-order valence-corrected chi connectivity index (χ1v) is 10.8. The van der Waals surface area contributed by atoms with Gasteiger partial charge in [0.25, 0.3) is 0 Å². The summed E-state index contributed by atoms with van der Waals surface area (Å²) in [5.74, 6) is 1.20. The average molecular weight is 421 g/mol. The molecule has 154 valence electrons. The molecule has 1 aromatic heterocycles. The van der Waals surface area contributed by atoms with Gasteiger partial charge in [-0.3, -0.25) is 4.79 Å². The number of ether oxygens (including phenoxy) is 1. The molecule has 1 fully saturated rings. The molecule has 3 aromatic rings. The van der Waals surface area contributed by atoms with Crippen LogP contribution in [0.25, 0.3) is 10.9 Å². The summed E-state index contributed by atoms with van der Waals surface area (Å²) >= 11 is 6.49. The zero-order chi connectivity index (χ0) is 20.9. The number of aromatic nitrogens is 1. The van der Waals surface area contributed by atoms with Crippen LogP contribution in [0.2, 0.25) is 5.02 Å². The highest BCUT2D eigenvalue weighted by atomic mass is 35.5. The molecule has 30 heavy (non-hydrogen) atoms. The largest absolute Gasteiger partial charge is 0.497 e. The van der Waals surface area contributed by atoms with Crippen LogP contribution >= 0.6 is 11.6 Å². The van der Waals surface area contributed by atoms with Crippen molar-refractivity contribution in [2.45, 2.75) is 24.7 Å². The number of amides is 1. The van der Waals surface area contributed by atoms with E-state index in [-0.39, 0.29) is 11.3 Å². The van der Waals surface area contributed by atoms with Gasteiger partial charge in [0.05, 0.1) is 17.6 Å². The summed E-state index contributed by atoms with van der Waals surface area (Å²) in [6.07, 6.45) is 4.15. The summed E-state index contributed by atoms with van der Waals surface area (Å²) in [7, 11) is 1.71. The molecular formula is C25H25ClN2O2. The third kappa shape index (κ3) is 2.85. The summed E-state index contributed by atoms with van der Waals surface area (Å²) in [6.45, 7) is 5.15. The molecule has 1 aliphatic carbocycles. The molecule has 0 spiro atoms. The van der Waals surface area contributed by atoms with Crippen LogP contribution in [0.15, 0.2) is 55.1 Å². The fourth-order valence-corrected chi connectivity index (χ4v) is 5.77. The fourth-order valence-electron chi connectivity index (χ4n) is 5.54. The Bertz CT molecular complexity index is 1150. The van der Waals surface area contributed by atoms with Crippen molar-refractivity contribution in [1.82, 2.24) is 9.88 Å². The summed E-state index contributed by atoms with van der Waals surface area (Å²) < 4.78 is 5.53. The normalized spacial score (nSPS) is 23.0. The van der Waals surface area contributed by atoms with Crippen LogP contribution in [0.3, 0.4) is 0 Å². The lowest BCUT2D eigenvalue weighted by molar-refractivity contribution is -0.129. The smallest absolute Gasteiger partial charge is 0.245 e. The Morgan fingerprint density at radius 3 is 2.97 bits per heavy atom. The van der Waals surface area contributed by atoms with Gasteiger partial charge in [0, 0.05) is 29.6 Å². The van der Waals surface area contributed by atoms with E-state index in [2.05, 4.69) is 35.8 Å². The highest BCUT2D eigenvalue weighted by Crippen LogP contribution is 2.50. The van der Waals surface area contributed by atoms with Gasteiger partial charge in [0.15, 0.2) is 0 Å². The second-order valence-corrected chi connectivity index (χ2v) is 8.86. The van der Waals surface area contributed by atoms with Crippen LogP contribution in [0, 0.1) is 5.92 Å². The van der Waals surface area contributed by atoms with Gasteiger partial charge < -0.3 is 14.6 Å². The molecule has 1 N–H and O–H groups in total. The van der Waals surface area contributed by atoms with E-state index >= 15 is 0 Å². The van der Waals surface area contributed by atoms with Crippen molar-refractivity contribution in [2.75, 3.05) is 20.2 Å². The average Bonchev–Trinajstić information content (AvgIpc) is 3.15. The summed E-state index contributed by atoms with van der Waals surface area (Å²) in [6, 6.07) is 14.5. The molecule has 2 aromatic carbocycles. The maximum Gasteiger partial charge on any atom is 0.245 e. The summed E-state index contributed by atoms with van der Waals surface area (Å²) in [5, 5.41) is 1.95. The Hall–Kier alpha value is -2.72. The maximum atomic E-state index is 12.4. The number of carbonyl (C=O) groups is 1. The quantitative estimate of drug-likeness (QED) is 0.612. The van der Waals surface area contributed by atoms with Gasteiger partial charge in [-0.05, 0) is 60.6 Å². The second kappa shape index (κ2) is 7.21. The van der Waals surface area contributed by atoms with E-state index in [0.717, 1.165) is 48.6 Å². The molecule has 1 saturated heterocycles. The first kappa shape index (κ1) is 19.3. The number of H-pyrrole nitrogens is 1. The zero-order valence-electron chi connectivity index (χ0n) is 17.1. The van der Waals surface area contributed by atoms with E-state index in [0.29, 0.717) is 5.92 Å². The molecule has 2 atom stereocenters. The van der Waals surface area contributed by atoms with Crippen molar-refractivity contribution in [3.05, 3.63) is 77.0 Å². The molecule has 0 radical (unpaired) electrons. The molecule has 5 heteroatoms. The second-order valence-electron chi connectivity index (χ2n) is 8.45. The molecule has 5 rings (SSSR count). The van der Waals surface area contributed by atoms with Crippen molar-refractivity contribution >= 4 is 28.4 Å². The molecule has 0 saturated carbocycles. The van der Waals surface area contributed by atoms with Crippen molar-refractivity contribution < 1.29 is 9.53 Å². The van der Waals surface area contributed by atoms with Crippen molar-refractivity contribution in [3.8, 4) is 5.75 Å². The minimum Gasteiger partial charge on any atom is -0.497 e. The van der Waals surface area contributed by atoms with Crippen molar-refractivity contribution in [1.29, 1.82) is 0 Å². The van der Waals surface area contributed by atoms with E-state index in [1.807, 2.05) is 23.1 Å². The molecular weight excluding hydrogens is 396 g/mol. The van der Waals surface area contributed by atoms with Gasteiger partial charge >= 0.3 is 0 Å². The number of piperidine rings is 1. The van der Waals surface area contributed by atoms with Crippen LogP contribution in [0.4, 0.5) is 0 Å². The predicted molar refractivity (Wildman–Crippen MR) is 120 cm³/mol. The van der Waals surface area contributed by atoms with Gasteiger partial charge in [0.2, 0.25) is 5.91 Å². The maximum absolute atomic E-state index is 12.4. The van der Waals surface area contributed by atoms with E-state index < -0.39 is 0 Å². The third-order valence-corrected chi connectivity index (χ3v) is 7.42. The lowest BCUT2D eigenvalue weighted by atomic mass is 9.58. The number of fused-ring (bicyclic) bond motifs is 4. The number of nitrogens with zero attached hydrogens (tertiary/aromatic N) is 1.